The number of benzene rings is 1. The highest BCUT2D eigenvalue weighted by molar-refractivity contribution is 5.45. The van der Waals surface area contributed by atoms with Gasteiger partial charge in [-0.3, -0.25) is 0 Å². The molecule has 0 amide bonds. The van der Waals surface area contributed by atoms with Crippen LogP contribution in [0.25, 0.3) is 0 Å². The van der Waals surface area contributed by atoms with Crippen molar-refractivity contribution in [1.29, 1.82) is 0 Å². The molecule has 1 heterocycles. The zero-order valence-electron chi connectivity index (χ0n) is 11.5. The highest BCUT2D eigenvalue weighted by Crippen LogP contribution is 2.35. The molecule has 1 aliphatic heterocycles. The van der Waals surface area contributed by atoms with E-state index >= 15 is 0 Å². The van der Waals surface area contributed by atoms with Gasteiger partial charge in [-0.15, -0.1) is 0 Å². The number of rotatable bonds is 4. The normalized spacial score (nSPS) is 16.4. The van der Waals surface area contributed by atoms with Crippen molar-refractivity contribution in [3.8, 4) is 11.5 Å². The second kappa shape index (κ2) is 5.16. The third-order valence-electron chi connectivity index (χ3n) is 3.55. The van der Waals surface area contributed by atoms with E-state index in [9.17, 15) is 0 Å². The first-order chi connectivity index (χ1) is 8.58. The highest BCUT2D eigenvalue weighted by atomic mass is 16.6. The Morgan fingerprint density at radius 1 is 1.11 bits per heavy atom. The molecule has 1 unspecified atom stereocenters. The van der Waals surface area contributed by atoms with Gasteiger partial charge in [0.15, 0.2) is 11.5 Å². The van der Waals surface area contributed by atoms with Crippen molar-refractivity contribution in [3.05, 3.63) is 23.8 Å². The summed E-state index contributed by atoms with van der Waals surface area (Å²) < 4.78 is 11.2. The van der Waals surface area contributed by atoms with Crippen LogP contribution in [0.4, 0.5) is 0 Å². The lowest BCUT2D eigenvalue weighted by molar-refractivity contribution is 0.171. The molecule has 2 rings (SSSR count). The van der Waals surface area contributed by atoms with Crippen LogP contribution in [0.1, 0.15) is 25.5 Å². The topological polar surface area (TPSA) is 42.5 Å². The van der Waals surface area contributed by atoms with E-state index in [1.807, 2.05) is 20.2 Å². The van der Waals surface area contributed by atoms with E-state index < -0.39 is 0 Å². The molecular formula is C14H22N2O2. The van der Waals surface area contributed by atoms with Gasteiger partial charge in [0.25, 0.3) is 0 Å². The Morgan fingerprint density at radius 3 is 2.39 bits per heavy atom. The van der Waals surface area contributed by atoms with Gasteiger partial charge < -0.3 is 20.1 Å². The lowest BCUT2D eigenvalue weighted by Gasteiger charge is -2.35. The molecule has 2 N–H and O–H groups in total. The van der Waals surface area contributed by atoms with Crippen LogP contribution < -0.4 is 20.1 Å². The highest BCUT2D eigenvalue weighted by Gasteiger charge is 2.28. The minimum Gasteiger partial charge on any atom is -0.486 e. The van der Waals surface area contributed by atoms with Gasteiger partial charge in [0.1, 0.15) is 13.2 Å². The van der Waals surface area contributed by atoms with Gasteiger partial charge in [0, 0.05) is 11.6 Å². The number of nitrogens with one attached hydrogen (secondary N) is 2. The second-order valence-corrected chi connectivity index (χ2v) is 5.10. The van der Waals surface area contributed by atoms with Gasteiger partial charge in [0.05, 0.1) is 0 Å². The molecule has 1 atom stereocenters. The first-order valence-electron chi connectivity index (χ1n) is 6.34. The lowest BCUT2D eigenvalue weighted by atomic mass is 9.88. The SMILES string of the molecule is CNC(c1ccc2c(c1)OCCO2)C(C)(C)NC. The van der Waals surface area contributed by atoms with Gasteiger partial charge in [-0.2, -0.15) is 0 Å². The molecule has 100 valence electrons. The minimum absolute atomic E-state index is 0.0431. The van der Waals surface area contributed by atoms with Crippen molar-refractivity contribution in [3.63, 3.8) is 0 Å². The third kappa shape index (κ3) is 2.44. The summed E-state index contributed by atoms with van der Waals surface area (Å²) in [4.78, 5) is 0. The number of hydrogen-bond donors (Lipinski definition) is 2. The van der Waals surface area contributed by atoms with Crippen molar-refractivity contribution in [2.75, 3.05) is 27.3 Å². The maximum atomic E-state index is 5.63. The van der Waals surface area contributed by atoms with E-state index in [2.05, 4.69) is 36.6 Å². The predicted molar refractivity (Wildman–Crippen MR) is 72.4 cm³/mol. The molecule has 0 bridgehead atoms. The van der Waals surface area contributed by atoms with E-state index in [0.717, 1.165) is 11.5 Å². The van der Waals surface area contributed by atoms with Crippen LogP contribution in [0.15, 0.2) is 18.2 Å². The summed E-state index contributed by atoms with van der Waals surface area (Å²) in [7, 11) is 3.95. The zero-order chi connectivity index (χ0) is 13.2. The molecule has 0 aliphatic carbocycles. The lowest BCUT2D eigenvalue weighted by Crippen LogP contribution is -2.47. The second-order valence-electron chi connectivity index (χ2n) is 5.10. The summed E-state index contributed by atoms with van der Waals surface area (Å²) in [6.07, 6.45) is 0. The monoisotopic (exact) mass is 250 g/mol. The fraction of sp³-hybridized carbons (Fsp3) is 0.571. The van der Waals surface area contributed by atoms with Gasteiger partial charge in [-0.05, 0) is 45.6 Å². The van der Waals surface area contributed by atoms with Gasteiger partial charge in [-0.1, -0.05) is 6.07 Å². The fourth-order valence-electron chi connectivity index (χ4n) is 2.33. The molecule has 1 aliphatic rings. The summed E-state index contributed by atoms with van der Waals surface area (Å²) in [5.41, 5.74) is 1.15. The van der Waals surface area contributed by atoms with E-state index in [1.54, 1.807) is 0 Å². The molecule has 1 aromatic rings. The average molecular weight is 250 g/mol. The van der Waals surface area contributed by atoms with Crippen LogP contribution in [0.5, 0.6) is 11.5 Å². The summed E-state index contributed by atoms with van der Waals surface area (Å²) in [5, 5.41) is 6.69. The molecule has 0 saturated heterocycles. The Morgan fingerprint density at radius 2 is 1.78 bits per heavy atom. The van der Waals surface area contributed by atoms with Gasteiger partial charge in [0.2, 0.25) is 0 Å². The smallest absolute Gasteiger partial charge is 0.161 e. The first kappa shape index (κ1) is 13.2. The molecule has 0 saturated carbocycles. The number of hydrogen-bond acceptors (Lipinski definition) is 4. The van der Waals surface area contributed by atoms with Crippen LogP contribution >= 0.6 is 0 Å². The summed E-state index contributed by atoms with van der Waals surface area (Å²) in [6, 6.07) is 6.35. The van der Waals surface area contributed by atoms with E-state index in [1.165, 1.54) is 5.56 Å². The van der Waals surface area contributed by atoms with E-state index in [4.69, 9.17) is 9.47 Å². The van der Waals surface area contributed by atoms with Crippen molar-refractivity contribution in [2.24, 2.45) is 0 Å². The van der Waals surface area contributed by atoms with Crippen molar-refractivity contribution >= 4 is 0 Å². The standard InChI is InChI=1S/C14H22N2O2/c1-14(2,16-4)13(15-3)10-5-6-11-12(9-10)18-8-7-17-11/h5-6,9,13,15-16H,7-8H2,1-4H3. The van der Waals surface area contributed by atoms with Crippen molar-refractivity contribution in [2.45, 2.75) is 25.4 Å². The molecule has 0 radical (unpaired) electrons. The number of fused-ring (bicyclic) bond motifs is 1. The molecule has 4 nitrogen and oxygen atoms in total. The molecule has 1 aromatic carbocycles. The maximum Gasteiger partial charge on any atom is 0.161 e. The molecule has 0 fully saturated rings. The van der Waals surface area contributed by atoms with E-state index in [-0.39, 0.29) is 11.6 Å². The van der Waals surface area contributed by atoms with Crippen molar-refractivity contribution in [1.82, 2.24) is 10.6 Å². The molecule has 4 heteroatoms. The summed E-state index contributed by atoms with van der Waals surface area (Å²) >= 11 is 0. The Hall–Kier alpha value is -1.26. The predicted octanol–water partition coefficient (Wildman–Crippen LogP) is 1.72. The Balaban J connectivity index is 2.32. The Bertz CT molecular complexity index is 418. The van der Waals surface area contributed by atoms with E-state index in [0.29, 0.717) is 13.2 Å². The molecule has 0 spiro atoms. The maximum absolute atomic E-state index is 5.63. The van der Waals surface area contributed by atoms with Crippen LogP contribution in [0.2, 0.25) is 0 Å². The Labute approximate surface area is 109 Å². The first-order valence-corrected chi connectivity index (χ1v) is 6.34. The number of likely N-dealkylation sites (N-methyl/N-ethyl adjacent to an activating group) is 2. The summed E-state index contributed by atoms with van der Waals surface area (Å²) in [5.74, 6) is 1.67. The zero-order valence-corrected chi connectivity index (χ0v) is 11.5. The minimum atomic E-state index is -0.0431. The van der Waals surface area contributed by atoms with Crippen molar-refractivity contribution < 1.29 is 9.47 Å². The number of ether oxygens (including phenoxy) is 2. The van der Waals surface area contributed by atoms with Gasteiger partial charge in [-0.25, -0.2) is 0 Å². The fourth-order valence-corrected chi connectivity index (χ4v) is 2.33. The molecule has 18 heavy (non-hydrogen) atoms. The average Bonchev–Trinajstić information content (AvgIpc) is 2.39. The van der Waals surface area contributed by atoms with Crippen LogP contribution in [0, 0.1) is 0 Å². The van der Waals surface area contributed by atoms with Gasteiger partial charge >= 0.3 is 0 Å². The summed E-state index contributed by atoms with van der Waals surface area (Å²) in [6.45, 7) is 5.59. The van der Waals surface area contributed by atoms with Crippen LogP contribution in [-0.4, -0.2) is 32.8 Å². The van der Waals surface area contributed by atoms with Crippen LogP contribution in [0.3, 0.4) is 0 Å². The molecular weight excluding hydrogens is 228 g/mol. The molecule has 0 aromatic heterocycles. The van der Waals surface area contributed by atoms with Crippen LogP contribution in [-0.2, 0) is 0 Å². The largest absolute Gasteiger partial charge is 0.486 e. The quantitative estimate of drug-likeness (QED) is 0.854. The Kier molecular flexibility index (Phi) is 3.78. The third-order valence-corrected chi connectivity index (χ3v) is 3.55.